The SMILES string of the molecule is N#CN=C(S)Nc1ccc2c(c1)OCO2. The predicted octanol–water partition coefficient (Wildman–Crippen LogP) is 1.59. The number of hydrogen-bond acceptors (Lipinski definition) is 4. The lowest BCUT2D eigenvalue weighted by atomic mass is 10.3. The number of benzene rings is 1. The molecular formula is C9H7N3O2S. The van der Waals surface area contributed by atoms with Crippen molar-refractivity contribution in [2.75, 3.05) is 12.1 Å². The van der Waals surface area contributed by atoms with Crippen molar-refractivity contribution in [3.05, 3.63) is 18.2 Å². The van der Waals surface area contributed by atoms with E-state index in [0.717, 1.165) is 5.69 Å². The minimum Gasteiger partial charge on any atom is -0.454 e. The van der Waals surface area contributed by atoms with Crippen molar-refractivity contribution in [1.82, 2.24) is 0 Å². The number of hydrogen-bond donors (Lipinski definition) is 2. The number of aliphatic imine (C=N–C) groups is 1. The van der Waals surface area contributed by atoms with Gasteiger partial charge in [0.05, 0.1) is 0 Å². The lowest BCUT2D eigenvalue weighted by Gasteiger charge is -2.04. The smallest absolute Gasteiger partial charge is 0.231 e. The van der Waals surface area contributed by atoms with Gasteiger partial charge in [0.25, 0.3) is 0 Å². The van der Waals surface area contributed by atoms with Crippen LogP contribution in [0.3, 0.4) is 0 Å². The van der Waals surface area contributed by atoms with Crippen LogP contribution in [-0.2, 0) is 0 Å². The van der Waals surface area contributed by atoms with E-state index in [1.807, 2.05) is 0 Å². The fourth-order valence-electron chi connectivity index (χ4n) is 1.18. The van der Waals surface area contributed by atoms with E-state index >= 15 is 0 Å². The van der Waals surface area contributed by atoms with Gasteiger partial charge in [-0.05, 0) is 12.1 Å². The molecule has 2 rings (SSSR count). The Balaban J connectivity index is 2.18. The van der Waals surface area contributed by atoms with Crippen LogP contribution in [0.25, 0.3) is 0 Å². The van der Waals surface area contributed by atoms with E-state index in [4.69, 9.17) is 14.7 Å². The van der Waals surface area contributed by atoms with Gasteiger partial charge in [0.15, 0.2) is 16.7 Å². The number of nitrogens with zero attached hydrogens (tertiary/aromatic N) is 2. The quantitative estimate of drug-likeness (QED) is 0.327. The molecule has 0 amide bonds. The van der Waals surface area contributed by atoms with Gasteiger partial charge in [0, 0.05) is 11.8 Å². The number of nitriles is 1. The van der Waals surface area contributed by atoms with Gasteiger partial charge in [0.2, 0.25) is 13.0 Å². The van der Waals surface area contributed by atoms with Gasteiger partial charge >= 0.3 is 0 Å². The van der Waals surface area contributed by atoms with E-state index in [9.17, 15) is 0 Å². The average molecular weight is 221 g/mol. The average Bonchev–Trinajstić information content (AvgIpc) is 2.65. The summed E-state index contributed by atoms with van der Waals surface area (Å²) in [5, 5.41) is 11.4. The Morgan fingerprint density at radius 2 is 2.27 bits per heavy atom. The summed E-state index contributed by atoms with van der Waals surface area (Å²) in [4.78, 5) is 3.42. The highest BCUT2D eigenvalue weighted by Crippen LogP contribution is 2.34. The number of anilines is 1. The summed E-state index contributed by atoms with van der Waals surface area (Å²) in [6.45, 7) is 0.235. The van der Waals surface area contributed by atoms with Crippen LogP contribution >= 0.6 is 12.6 Å². The summed E-state index contributed by atoms with van der Waals surface area (Å²) >= 11 is 3.97. The molecule has 1 aliphatic heterocycles. The second-order valence-electron chi connectivity index (χ2n) is 2.73. The number of ether oxygens (including phenoxy) is 2. The molecule has 6 heteroatoms. The first-order valence-corrected chi connectivity index (χ1v) is 4.57. The molecule has 0 bridgehead atoms. The zero-order valence-corrected chi connectivity index (χ0v) is 8.49. The summed E-state index contributed by atoms with van der Waals surface area (Å²) in [7, 11) is 0. The lowest BCUT2D eigenvalue weighted by Crippen LogP contribution is -2.03. The summed E-state index contributed by atoms with van der Waals surface area (Å²) in [5.74, 6) is 1.37. The molecule has 1 aliphatic rings. The van der Waals surface area contributed by atoms with Crippen molar-refractivity contribution in [2.24, 2.45) is 4.99 Å². The van der Waals surface area contributed by atoms with Crippen LogP contribution in [0.15, 0.2) is 23.2 Å². The first-order valence-electron chi connectivity index (χ1n) is 4.12. The summed E-state index contributed by atoms with van der Waals surface area (Å²) in [6.07, 6.45) is 1.63. The van der Waals surface area contributed by atoms with Gasteiger partial charge < -0.3 is 14.8 Å². The monoisotopic (exact) mass is 221 g/mol. The van der Waals surface area contributed by atoms with Crippen molar-refractivity contribution < 1.29 is 9.47 Å². The van der Waals surface area contributed by atoms with Gasteiger partial charge in [-0.2, -0.15) is 5.26 Å². The Hall–Kier alpha value is -1.87. The summed E-state index contributed by atoms with van der Waals surface area (Å²) in [6, 6.07) is 5.32. The van der Waals surface area contributed by atoms with Crippen LogP contribution in [0.1, 0.15) is 0 Å². The van der Waals surface area contributed by atoms with Crippen LogP contribution in [0.4, 0.5) is 5.69 Å². The highest BCUT2D eigenvalue weighted by Gasteiger charge is 2.13. The fraction of sp³-hybridized carbons (Fsp3) is 0.111. The van der Waals surface area contributed by atoms with Crippen molar-refractivity contribution in [1.29, 1.82) is 5.26 Å². The van der Waals surface area contributed by atoms with Crippen LogP contribution in [0, 0.1) is 11.5 Å². The molecule has 0 spiro atoms. The Morgan fingerprint density at radius 1 is 1.47 bits per heavy atom. The molecule has 0 fully saturated rings. The maximum absolute atomic E-state index is 8.30. The topological polar surface area (TPSA) is 66.6 Å². The van der Waals surface area contributed by atoms with Crippen molar-refractivity contribution in [3.8, 4) is 17.7 Å². The van der Waals surface area contributed by atoms with Crippen LogP contribution in [-0.4, -0.2) is 12.0 Å². The first kappa shape index (κ1) is 9.68. The van der Waals surface area contributed by atoms with E-state index < -0.39 is 0 Å². The molecule has 0 aromatic heterocycles. The van der Waals surface area contributed by atoms with Crippen LogP contribution in [0.5, 0.6) is 11.5 Å². The minimum absolute atomic E-state index is 0.233. The van der Waals surface area contributed by atoms with Gasteiger partial charge in [-0.3, -0.25) is 0 Å². The van der Waals surface area contributed by atoms with Gasteiger partial charge in [-0.25, -0.2) is 0 Å². The van der Waals surface area contributed by atoms with Crippen molar-refractivity contribution in [3.63, 3.8) is 0 Å². The van der Waals surface area contributed by atoms with E-state index in [1.54, 1.807) is 24.4 Å². The molecule has 1 heterocycles. The minimum atomic E-state index is 0.233. The molecule has 0 atom stereocenters. The number of fused-ring (bicyclic) bond motifs is 1. The van der Waals surface area contributed by atoms with Crippen LogP contribution in [0.2, 0.25) is 0 Å². The third kappa shape index (κ3) is 2.14. The molecule has 15 heavy (non-hydrogen) atoms. The normalized spacial score (nSPS) is 13.5. The number of nitrogens with one attached hydrogen (secondary N) is 1. The van der Waals surface area contributed by atoms with E-state index in [-0.39, 0.29) is 12.0 Å². The largest absolute Gasteiger partial charge is 0.454 e. The Bertz CT molecular complexity index is 453. The molecule has 0 radical (unpaired) electrons. The van der Waals surface area contributed by atoms with Gasteiger partial charge in [-0.15, -0.1) is 17.6 Å². The molecule has 0 saturated heterocycles. The molecule has 1 N–H and O–H groups in total. The van der Waals surface area contributed by atoms with Gasteiger partial charge in [0.1, 0.15) is 0 Å². The maximum atomic E-state index is 8.30. The highest BCUT2D eigenvalue weighted by atomic mass is 32.1. The second kappa shape index (κ2) is 4.11. The lowest BCUT2D eigenvalue weighted by molar-refractivity contribution is 0.174. The second-order valence-corrected chi connectivity index (χ2v) is 3.15. The van der Waals surface area contributed by atoms with Crippen molar-refractivity contribution >= 4 is 23.5 Å². The van der Waals surface area contributed by atoms with Gasteiger partial charge in [-0.1, -0.05) is 0 Å². The number of thiol groups is 1. The molecule has 0 aliphatic carbocycles. The number of rotatable bonds is 1. The molecule has 0 unspecified atom stereocenters. The summed E-state index contributed by atoms with van der Waals surface area (Å²) < 4.78 is 10.3. The molecule has 1 aromatic rings. The molecule has 0 saturated carbocycles. The summed E-state index contributed by atoms with van der Waals surface area (Å²) in [5.41, 5.74) is 0.739. The Kier molecular flexibility index (Phi) is 2.65. The molecular weight excluding hydrogens is 214 g/mol. The van der Waals surface area contributed by atoms with E-state index in [2.05, 4.69) is 22.9 Å². The maximum Gasteiger partial charge on any atom is 0.231 e. The Labute approximate surface area is 91.7 Å². The highest BCUT2D eigenvalue weighted by molar-refractivity contribution is 7.97. The third-order valence-electron chi connectivity index (χ3n) is 1.78. The zero-order chi connectivity index (χ0) is 10.7. The molecule has 5 nitrogen and oxygen atoms in total. The number of amidine groups is 1. The predicted molar refractivity (Wildman–Crippen MR) is 58.2 cm³/mol. The first-order chi connectivity index (χ1) is 7.29. The Morgan fingerprint density at radius 3 is 3.07 bits per heavy atom. The van der Waals surface area contributed by atoms with E-state index in [0.29, 0.717) is 11.5 Å². The third-order valence-corrected chi connectivity index (χ3v) is 2.00. The molecule has 76 valence electrons. The fourth-order valence-corrected chi connectivity index (χ4v) is 1.35. The van der Waals surface area contributed by atoms with Crippen molar-refractivity contribution in [2.45, 2.75) is 0 Å². The zero-order valence-electron chi connectivity index (χ0n) is 7.60. The molecule has 1 aromatic carbocycles. The van der Waals surface area contributed by atoms with Crippen LogP contribution < -0.4 is 14.8 Å². The van der Waals surface area contributed by atoms with E-state index in [1.165, 1.54) is 0 Å². The standard InChI is InChI=1S/C9H7N3O2S/c10-4-11-9(15)12-6-1-2-7-8(3-6)14-5-13-7/h1-3H,5H2,(H2,11,12,15).